The van der Waals surface area contributed by atoms with Crippen LogP contribution in [0.1, 0.15) is 64.0 Å². The molecule has 7 heteroatoms. The Morgan fingerprint density at radius 1 is 1.33 bits per heavy atom. The number of likely N-dealkylation sites (tertiary alicyclic amines) is 1. The van der Waals surface area contributed by atoms with Crippen molar-refractivity contribution in [3.05, 3.63) is 34.9 Å². The lowest BCUT2D eigenvalue weighted by Gasteiger charge is -2.48. The van der Waals surface area contributed by atoms with Crippen LogP contribution in [-0.2, 0) is 14.3 Å². The van der Waals surface area contributed by atoms with E-state index in [1.54, 1.807) is 0 Å². The first-order chi connectivity index (χ1) is 14.3. The second-order valence-electron chi connectivity index (χ2n) is 8.81. The van der Waals surface area contributed by atoms with Gasteiger partial charge in [0.05, 0.1) is 25.0 Å². The number of esters is 1. The Labute approximate surface area is 189 Å². The number of halogens is 1. The van der Waals surface area contributed by atoms with E-state index in [1.807, 2.05) is 43.1 Å². The second-order valence-corrected chi connectivity index (χ2v) is 10.7. The number of likely N-dealkylation sites (N-methyl/N-ethyl adjacent to an activating group) is 1. The van der Waals surface area contributed by atoms with Crippen LogP contribution in [0.25, 0.3) is 0 Å². The standard InChI is InChI=1S/C23H33ClN2O3S/c1-5-18(15-25(3)30-19-10-11-19)26-20(16-6-8-17(24)9-7-16)12-13-23(2,22(26)28)14-21(27)29-4/h6-9,18-20H,5,10-15H2,1-4H3/t18?,20?,23-/m1/s1. The average Bonchev–Trinajstić information content (AvgIpc) is 3.53. The minimum atomic E-state index is -0.731. The fraction of sp³-hybridized carbons (Fsp3) is 0.652. The smallest absolute Gasteiger partial charge is 0.306 e. The van der Waals surface area contributed by atoms with Gasteiger partial charge in [-0.05, 0) is 56.8 Å². The van der Waals surface area contributed by atoms with Gasteiger partial charge in [-0.1, -0.05) is 49.5 Å². The molecule has 1 aliphatic heterocycles. The molecule has 1 aromatic rings. The van der Waals surface area contributed by atoms with E-state index in [9.17, 15) is 9.59 Å². The third kappa shape index (κ3) is 5.51. The quantitative estimate of drug-likeness (QED) is 0.385. The van der Waals surface area contributed by atoms with Crippen LogP contribution in [0.3, 0.4) is 0 Å². The molecule has 0 spiro atoms. The van der Waals surface area contributed by atoms with Crippen molar-refractivity contribution in [1.82, 2.24) is 9.21 Å². The summed E-state index contributed by atoms with van der Waals surface area (Å²) in [6.07, 6.45) is 5.01. The highest BCUT2D eigenvalue weighted by atomic mass is 35.5. The summed E-state index contributed by atoms with van der Waals surface area (Å²) in [6, 6.07) is 7.88. The van der Waals surface area contributed by atoms with Gasteiger partial charge in [0.2, 0.25) is 5.91 Å². The second kappa shape index (κ2) is 9.92. The first kappa shape index (κ1) is 23.4. The number of rotatable bonds is 9. The number of nitrogens with zero attached hydrogens (tertiary/aromatic N) is 2. The van der Waals surface area contributed by atoms with Gasteiger partial charge in [-0.15, -0.1) is 0 Å². The summed E-state index contributed by atoms with van der Waals surface area (Å²) in [4.78, 5) is 27.9. The third-order valence-corrected chi connectivity index (χ3v) is 7.79. The number of ether oxygens (including phenoxy) is 1. The van der Waals surface area contributed by atoms with Crippen molar-refractivity contribution >= 4 is 35.4 Å². The molecule has 1 saturated heterocycles. The number of carbonyl (C=O) groups excluding carboxylic acids is 2. The fourth-order valence-corrected chi connectivity index (χ4v) is 5.56. The van der Waals surface area contributed by atoms with E-state index in [2.05, 4.69) is 23.2 Å². The summed E-state index contributed by atoms with van der Waals surface area (Å²) in [5.74, 6) is -0.277. The highest BCUT2D eigenvalue weighted by molar-refractivity contribution is 7.97. The number of amides is 1. The zero-order valence-electron chi connectivity index (χ0n) is 18.4. The zero-order chi connectivity index (χ0) is 21.9. The predicted octanol–water partition coefficient (Wildman–Crippen LogP) is 5.09. The summed E-state index contributed by atoms with van der Waals surface area (Å²) in [5.41, 5.74) is 0.370. The summed E-state index contributed by atoms with van der Waals surface area (Å²) >= 11 is 8.00. The van der Waals surface area contributed by atoms with E-state index in [1.165, 1.54) is 20.0 Å². The van der Waals surface area contributed by atoms with E-state index in [-0.39, 0.29) is 30.4 Å². The largest absolute Gasteiger partial charge is 0.469 e. The first-order valence-electron chi connectivity index (χ1n) is 10.8. The van der Waals surface area contributed by atoms with Gasteiger partial charge in [-0.3, -0.25) is 13.9 Å². The highest BCUT2D eigenvalue weighted by Crippen LogP contribution is 2.45. The van der Waals surface area contributed by atoms with Gasteiger partial charge >= 0.3 is 5.97 Å². The van der Waals surface area contributed by atoms with Crippen LogP contribution in [-0.4, -0.2) is 53.1 Å². The van der Waals surface area contributed by atoms with Gasteiger partial charge in [0.1, 0.15) is 0 Å². The molecule has 3 atom stereocenters. The van der Waals surface area contributed by atoms with Crippen molar-refractivity contribution in [2.24, 2.45) is 5.41 Å². The lowest BCUT2D eigenvalue weighted by atomic mass is 9.74. The Kier molecular flexibility index (Phi) is 7.75. The molecule has 1 aromatic carbocycles. The van der Waals surface area contributed by atoms with Crippen LogP contribution in [0.15, 0.2) is 24.3 Å². The first-order valence-corrected chi connectivity index (χ1v) is 12.0. The molecule has 3 rings (SSSR count). The lowest BCUT2D eigenvalue weighted by Crippen LogP contribution is -2.55. The molecule has 1 heterocycles. The Balaban J connectivity index is 1.88. The Morgan fingerprint density at radius 3 is 2.57 bits per heavy atom. The normalized spacial score (nSPS) is 25.5. The predicted molar refractivity (Wildman–Crippen MR) is 122 cm³/mol. The number of benzene rings is 1. The van der Waals surface area contributed by atoms with Crippen LogP contribution in [0.2, 0.25) is 5.02 Å². The number of carbonyl (C=O) groups is 2. The maximum Gasteiger partial charge on any atom is 0.306 e. The van der Waals surface area contributed by atoms with Crippen molar-refractivity contribution in [1.29, 1.82) is 0 Å². The van der Waals surface area contributed by atoms with E-state index in [4.69, 9.17) is 16.3 Å². The lowest BCUT2D eigenvalue weighted by molar-refractivity contribution is -0.160. The summed E-state index contributed by atoms with van der Waals surface area (Å²) in [7, 11) is 3.50. The Morgan fingerprint density at radius 2 is 2.00 bits per heavy atom. The Bertz CT molecular complexity index is 755. The molecule has 2 aliphatic rings. The van der Waals surface area contributed by atoms with Crippen molar-refractivity contribution < 1.29 is 14.3 Å². The highest BCUT2D eigenvalue weighted by Gasteiger charge is 2.48. The molecule has 2 unspecified atom stereocenters. The number of piperidine rings is 1. The molecule has 1 amide bonds. The monoisotopic (exact) mass is 452 g/mol. The minimum Gasteiger partial charge on any atom is -0.469 e. The SMILES string of the molecule is CCC(CN(C)SC1CC1)N1C(=O)[C@@](C)(CC(=O)OC)CCC1c1ccc(Cl)cc1. The molecule has 1 saturated carbocycles. The summed E-state index contributed by atoms with van der Waals surface area (Å²) in [6.45, 7) is 4.85. The molecule has 0 bridgehead atoms. The van der Waals surface area contributed by atoms with Gasteiger partial charge in [0.15, 0.2) is 0 Å². The van der Waals surface area contributed by atoms with Gasteiger partial charge in [-0.2, -0.15) is 0 Å². The fourth-order valence-electron chi connectivity index (χ4n) is 4.32. The number of methoxy groups -OCH3 is 1. The van der Waals surface area contributed by atoms with E-state index < -0.39 is 5.41 Å². The molecule has 5 nitrogen and oxygen atoms in total. The molecular weight excluding hydrogens is 420 g/mol. The number of hydrogen-bond acceptors (Lipinski definition) is 5. The molecule has 0 aromatic heterocycles. The molecule has 0 N–H and O–H groups in total. The molecular formula is C23H33ClN2O3S. The maximum absolute atomic E-state index is 13.8. The van der Waals surface area contributed by atoms with E-state index in [0.717, 1.165) is 30.2 Å². The zero-order valence-corrected chi connectivity index (χ0v) is 20.0. The van der Waals surface area contributed by atoms with Crippen LogP contribution in [0, 0.1) is 5.41 Å². The van der Waals surface area contributed by atoms with E-state index >= 15 is 0 Å². The molecule has 0 radical (unpaired) electrons. The third-order valence-electron chi connectivity index (χ3n) is 6.26. The number of hydrogen-bond donors (Lipinski definition) is 0. The van der Waals surface area contributed by atoms with E-state index in [0.29, 0.717) is 11.4 Å². The molecule has 30 heavy (non-hydrogen) atoms. The van der Waals surface area contributed by atoms with Crippen LogP contribution in [0.5, 0.6) is 0 Å². The Hall–Kier alpha value is -1.24. The summed E-state index contributed by atoms with van der Waals surface area (Å²) in [5, 5.41) is 1.41. The van der Waals surface area contributed by atoms with Crippen molar-refractivity contribution in [2.45, 2.75) is 69.7 Å². The topological polar surface area (TPSA) is 49.9 Å². The molecule has 1 aliphatic carbocycles. The maximum atomic E-state index is 13.8. The van der Waals surface area contributed by atoms with Gasteiger partial charge in [0.25, 0.3) is 0 Å². The van der Waals surface area contributed by atoms with Gasteiger partial charge in [-0.25, -0.2) is 0 Å². The van der Waals surface area contributed by atoms with Crippen molar-refractivity contribution in [3.63, 3.8) is 0 Å². The minimum absolute atomic E-state index is 0.00948. The van der Waals surface area contributed by atoms with Crippen LogP contribution in [0.4, 0.5) is 0 Å². The average molecular weight is 453 g/mol. The van der Waals surface area contributed by atoms with Crippen LogP contribution >= 0.6 is 23.5 Å². The van der Waals surface area contributed by atoms with Gasteiger partial charge < -0.3 is 9.64 Å². The van der Waals surface area contributed by atoms with Gasteiger partial charge in [0, 0.05) is 22.9 Å². The van der Waals surface area contributed by atoms with Crippen LogP contribution < -0.4 is 0 Å². The molecule has 166 valence electrons. The summed E-state index contributed by atoms with van der Waals surface area (Å²) < 4.78 is 7.17. The van der Waals surface area contributed by atoms with Crippen molar-refractivity contribution in [3.8, 4) is 0 Å². The van der Waals surface area contributed by atoms with Crippen molar-refractivity contribution in [2.75, 3.05) is 20.7 Å². The molecule has 2 fully saturated rings.